The number of benzene rings is 1. The Hall–Kier alpha value is -3.40. The maximum Gasteiger partial charge on any atom is 0.307 e. The topological polar surface area (TPSA) is 101 Å². The number of esters is 1. The standard InChI is InChI=1S/C18H16N4O3/c1-2-25-14(23)8-9-22-16(12-6-4-3-5-7-12)13(10-19)15-17(22)18(24)21-11-20-15/h3-7,11H,2,8-9H2,1H3,(H,20,21,24). The van der Waals surface area contributed by atoms with Crippen molar-refractivity contribution in [2.45, 2.75) is 19.9 Å². The summed E-state index contributed by atoms with van der Waals surface area (Å²) in [6.45, 7) is 2.25. The molecule has 0 aliphatic heterocycles. The van der Waals surface area contributed by atoms with Gasteiger partial charge in [0.05, 0.1) is 25.0 Å². The van der Waals surface area contributed by atoms with Crippen LogP contribution < -0.4 is 5.56 Å². The number of aryl methyl sites for hydroxylation is 1. The zero-order valence-corrected chi connectivity index (χ0v) is 13.7. The number of fused-ring (bicyclic) bond motifs is 1. The van der Waals surface area contributed by atoms with Crippen LogP contribution in [0.1, 0.15) is 18.9 Å². The summed E-state index contributed by atoms with van der Waals surface area (Å²) in [5, 5.41) is 9.64. The highest BCUT2D eigenvalue weighted by atomic mass is 16.5. The first-order valence-electron chi connectivity index (χ1n) is 7.88. The van der Waals surface area contributed by atoms with Crippen LogP contribution in [0.2, 0.25) is 0 Å². The molecule has 1 aromatic carbocycles. The van der Waals surface area contributed by atoms with Crippen LogP contribution in [0.3, 0.4) is 0 Å². The molecule has 3 rings (SSSR count). The van der Waals surface area contributed by atoms with Crippen LogP contribution in [-0.2, 0) is 16.1 Å². The molecule has 0 bridgehead atoms. The van der Waals surface area contributed by atoms with Gasteiger partial charge in [-0.2, -0.15) is 5.26 Å². The molecule has 0 aliphatic rings. The molecule has 7 nitrogen and oxygen atoms in total. The van der Waals surface area contributed by atoms with Crippen molar-refractivity contribution in [1.29, 1.82) is 5.26 Å². The fourth-order valence-corrected chi connectivity index (χ4v) is 2.85. The zero-order chi connectivity index (χ0) is 17.8. The minimum absolute atomic E-state index is 0.0939. The Bertz CT molecular complexity index is 1010. The lowest BCUT2D eigenvalue weighted by molar-refractivity contribution is -0.143. The molecule has 7 heteroatoms. The predicted octanol–water partition coefficient (Wildman–Crippen LogP) is 2.22. The number of nitrogens with one attached hydrogen (secondary N) is 1. The Morgan fingerprint density at radius 1 is 1.36 bits per heavy atom. The number of nitrogens with zero attached hydrogens (tertiary/aromatic N) is 3. The van der Waals surface area contributed by atoms with E-state index in [1.165, 1.54) is 6.33 Å². The average Bonchev–Trinajstić information content (AvgIpc) is 2.95. The van der Waals surface area contributed by atoms with E-state index in [4.69, 9.17) is 4.74 Å². The summed E-state index contributed by atoms with van der Waals surface area (Å²) >= 11 is 0. The number of carbonyl (C=O) groups is 1. The summed E-state index contributed by atoms with van der Waals surface area (Å²) in [5.41, 5.74) is 1.92. The van der Waals surface area contributed by atoms with Crippen LogP contribution in [0.25, 0.3) is 22.3 Å². The molecule has 0 saturated heterocycles. The van der Waals surface area contributed by atoms with E-state index in [9.17, 15) is 14.9 Å². The van der Waals surface area contributed by atoms with Crippen molar-refractivity contribution in [3.63, 3.8) is 0 Å². The maximum atomic E-state index is 12.3. The number of ether oxygens (including phenoxy) is 1. The van der Waals surface area contributed by atoms with Crippen molar-refractivity contribution < 1.29 is 9.53 Å². The molecule has 0 atom stereocenters. The normalized spacial score (nSPS) is 10.6. The molecule has 25 heavy (non-hydrogen) atoms. The number of H-pyrrole nitrogens is 1. The SMILES string of the molecule is CCOC(=O)CCn1c(-c2ccccc2)c(C#N)c2nc[nH]c(=O)c21. The number of aromatic nitrogens is 3. The number of nitriles is 1. The van der Waals surface area contributed by atoms with E-state index in [0.717, 1.165) is 5.56 Å². The van der Waals surface area contributed by atoms with Crippen molar-refractivity contribution in [3.05, 3.63) is 52.6 Å². The zero-order valence-electron chi connectivity index (χ0n) is 13.7. The molecule has 0 amide bonds. The Balaban J connectivity index is 2.23. The maximum absolute atomic E-state index is 12.3. The Morgan fingerprint density at radius 2 is 2.12 bits per heavy atom. The molecule has 0 radical (unpaired) electrons. The van der Waals surface area contributed by atoms with Gasteiger partial charge in [0, 0.05) is 6.54 Å². The highest BCUT2D eigenvalue weighted by Crippen LogP contribution is 2.31. The second-order valence-corrected chi connectivity index (χ2v) is 5.34. The first kappa shape index (κ1) is 16.5. The van der Waals surface area contributed by atoms with E-state index in [1.807, 2.05) is 30.3 Å². The molecule has 3 aromatic rings. The number of hydrogen-bond donors (Lipinski definition) is 1. The summed E-state index contributed by atoms with van der Waals surface area (Å²) in [7, 11) is 0. The van der Waals surface area contributed by atoms with Gasteiger partial charge in [-0.25, -0.2) is 4.98 Å². The minimum Gasteiger partial charge on any atom is -0.466 e. The van der Waals surface area contributed by atoms with Crippen LogP contribution in [0.5, 0.6) is 0 Å². The summed E-state index contributed by atoms with van der Waals surface area (Å²) in [6, 6.07) is 11.4. The molecule has 1 N–H and O–H groups in total. The first-order valence-corrected chi connectivity index (χ1v) is 7.88. The van der Waals surface area contributed by atoms with Gasteiger partial charge in [0.1, 0.15) is 22.7 Å². The van der Waals surface area contributed by atoms with Gasteiger partial charge in [-0.05, 0) is 12.5 Å². The second kappa shape index (κ2) is 7.01. The third-order valence-electron chi connectivity index (χ3n) is 3.85. The number of rotatable bonds is 5. The lowest BCUT2D eigenvalue weighted by atomic mass is 10.1. The van der Waals surface area contributed by atoms with Gasteiger partial charge in [-0.3, -0.25) is 9.59 Å². The fraction of sp³-hybridized carbons (Fsp3) is 0.222. The molecular formula is C18H16N4O3. The molecular weight excluding hydrogens is 320 g/mol. The smallest absolute Gasteiger partial charge is 0.307 e. The van der Waals surface area contributed by atoms with Crippen molar-refractivity contribution in [2.24, 2.45) is 0 Å². The second-order valence-electron chi connectivity index (χ2n) is 5.34. The van der Waals surface area contributed by atoms with Crippen molar-refractivity contribution in [2.75, 3.05) is 6.61 Å². The van der Waals surface area contributed by atoms with Crippen LogP contribution in [0, 0.1) is 11.3 Å². The van der Waals surface area contributed by atoms with E-state index in [1.54, 1.807) is 11.5 Å². The Labute approximate surface area is 143 Å². The Kier molecular flexibility index (Phi) is 4.61. The largest absolute Gasteiger partial charge is 0.466 e. The van der Waals surface area contributed by atoms with E-state index in [0.29, 0.717) is 23.4 Å². The molecule has 0 aliphatic carbocycles. The van der Waals surface area contributed by atoms with Crippen LogP contribution in [-0.4, -0.2) is 27.1 Å². The minimum atomic E-state index is -0.359. The summed E-state index contributed by atoms with van der Waals surface area (Å²) in [5.74, 6) is -0.359. The Morgan fingerprint density at radius 3 is 2.80 bits per heavy atom. The van der Waals surface area contributed by atoms with Crippen LogP contribution in [0.4, 0.5) is 0 Å². The lowest BCUT2D eigenvalue weighted by Crippen LogP contribution is -2.15. The quantitative estimate of drug-likeness (QED) is 0.720. The van der Waals surface area contributed by atoms with E-state index in [2.05, 4.69) is 16.0 Å². The van der Waals surface area contributed by atoms with E-state index >= 15 is 0 Å². The third-order valence-corrected chi connectivity index (χ3v) is 3.85. The molecule has 0 fully saturated rings. The van der Waals surface area contributed by atoms with Gasteiger partial charge < -0.3 is 14.3 Å². The van der Waals surface area contributed by atoms with Gasteiger partial charge in [-0.1, -0.05) is 30.3 Å². The molecule has 0 saturated carbocycles. The fourth-order valence-electron chi connectivity index (χ4n) is 2.85. The third kappa shape index (κ3) is 3.02. The van der Waals surface area contributed by atoms with Crippen LogP contribution >= 0.6 is 0 Å². The molecule has 2 heterocycles. The first-order chi connectivity index (χ1) is 12.2. The molecule has 0 unspecified atom stereocenters. The monoisotopic (exact) mass is 336 g/mol. The van der Waals surface area contributed by atoms with Gasteiger partial charge in [0.2, 0.25) is 0 Å². The molecule has 126 valence electrons. The van der Waals surface area contributed by atoms with E-state index < -0.39 is 0 Å². The summed E-state index contributed by atoms with van der Waals surface area (Å²) < 4.78 is 6.64. The predicted molar refractivity (Wildman–Crippen MR) is 91.8 cm³/mol. The van der Waals surface area contributed by atoms with Gasteiger partial charge >= 0.3 is 5.97 Å². The van der Waals surface area contributed by atoms with Crippen LogP contribution in [0.15, 0.2) is 41.5 Å². The summed E-state index contributed by atoms with van der Waals surface area (Å²) in [4.78, 5) is 30.8. The van der Waals surface area contributed by atoms with Gasteiger partial charge in [-0.15, -0.1) is 0 Å². The highest BCUT2D eigenvalue weighted by molar-refractivity contribution is 5.91. The number of hydrogen-bond acceptors (Lipinski definition) is 5. The molecule has 2 aromatic heterocycles. The number of aromatic amines is 1. The highest BCUT2D eigenvalue weighted by Gasteiger charge is 2.22. The van der Waals surface area contributed by atoms with Gasteiger partial charge in [0.25, 0.3) is 5.56 Å². The average molecular weight is 336 g/mol. The van der Waals surface area contributed by atoms with E-state index in [-0.39, 0.29) is 30.0 Å². The van der Waals surface area contributed by atoms with Crippen molar-refractivity contribution in [1.82, 2.24) is 14.5 Å². The lowest BCUT2D eigenvalue weighted by Gasteiger charge is -2.10. The summed E-state index contributed by atoms with van der Waals surface area (Å²) in [6.07, 6.45) is 1.37. The van der Waals surface area contributed by atoms with Crippen molar-refractivity contribution in [3.8, 4) is 17.3 Å². The molecule has 0 spiro atoms. The van der Waals surface area contributed by atoms with Gasteiger partial charge in [0.15, 0.2) is 0 Å². The van der Waals surface area contributed by atoms with Crippen molar-refractivity contribution >= 4 is 17.0 Å². The number of carbonyl (C=O) groups excluding carboxylic acids is 1.